The maximum absolute atomic E-state index is 12.5. The van der Waals surface area contributed by atoms with Gasteiger partial charge in [-0.25, -0.2) is 8.42 Å². The summed E-state index contributed by atoms with van der Waals surface area (Å²) in [6.45, 7) is 8.16. The van der Waals surface area contributed by atoms with Gasteiger partial charge >= 0.3 is 0 Å². The Kier molecular flexibility index (Phi) is 6.98. The third-order valence-electron chi connectivity index (χ3n) is 4.20. The molecule has 1 amide bonds. The number of carbonyl (C=O) groups is 1. The van der Waals surface area contributed by atoms with E-state index in [0.29, 0.717) is 18.8 Å². The number of rotatable bonds is 8. The standard InChI is InChI=1S/C20H26N2O4S/c1-5-22(6-2)27(24,25)18-11-8-17(9-12-18)10-14-20(23)21-16(4)19-13-7-15(3)26-19/h7-14,16H,5-6H2,1-4H3,(H,21,23)/b14-10+. The second-order valence-corrected chi connectivity index (χ2v) is 8.11. The summed E-state index contributed by atoms with van der Waals surface area (Å²) in [7, 11) is -3.47. The Morgan fingerprint density at radius 3 is 2.30 bits per heavy atom. The van der Waals surface area contributed by atoms with E-state index in [-0.39, 0.29) is 16.8 Å². The van der Waals surface area contributed by atoms with E-state index in [9.17, 15) is 13.2 Å². The summed E-state index contributed by atoms with van der Waals surface area (Å²) < 4.78 is 31.8. The summed E-state index contributed by atoms with van der Waals surface area (Å²) >= 11 is 0. The summed E-state index contributed by atoms with van der Waals surface area (Å²) in [4.78, 5) is 12.3. The van der Waals surface area contributed by atoms with E-state index in [1.54, 1.807) is 30.3 Å². The summed E-state index contributed by atoms with van der Waals surface area (Å²) in [6.07, 6.45) is 3.06. The van der Waals surface area contributed by atoms with Gasteiger partial charge in [0.25, 0.3) is 0 Å². The molecule has 0 aliphatic carbocycles. The van der Waals surface area contributed by atoms with Crippen LogP contribution in [0.1, 0.15) is 43.9 Å². The lowest BCUT2D eigenvalue weighted by atomic mass is 10.2. The zero-order chi connectivity index (χ0) is 20.0. The van der Waals surface area contributed by atoms with Gasteiger partial charge in [-0.15, -0.1) is 0 Å². The molecular weight excluding hydrogens is 364 g/mol. The highest BCUT2D eigenvalue weighted by atomic mass is 32.2. The summed E-state index contributed by atoms with van der Waals surface area (Å²) in [5, 5.41) is 2.82. The molecule has 6 nitrogen and oxygen atoms in total. The van der Waals surface area contributed by atoms with Crippen LogP contribution >= 0.6 is 0 Å². The fourth-order valence-electron chi connectivity index (χ4n) is 2.65. The van der Waals surface area contributed by atoms with Crippen LogP contribution < -0.4 is 5.32 Å². The molecule has 0 saturated heterocycles. The van der Waals surface area contributed by atoms with E-state index < -0.39 is 10.0 Å². The molecule has 1 heterocycles. The van der Waals surface area contributed by atoms with E-state index in [1.807, 2.05) is 39.8 Å². The van der Waals surface area contributed by atoms with Crippen molar-refractivity contribution < 1.29 is 17.6 Å². The molecule has 0 radical (unpaired) electrons. The predicted octanol–water partition coefficient (Wildman–Crippen LogP) is 3.51. The van der Waals surface area contributed by atoms with Gasteiger partial charge < -0.3 is 9.73 Å². The van der Waals surface area contributed by atoms with Gasteiger partial charge in [0.05, 0.1) is 10.9 Å². The number of hydrogen-bond acceptors (Lipinski definition) is 4. The largest absolute Gasteiger partial charge is 0.464 e. The molecule has 1 aromatic carbocycles. The number of hydrogen-bond donors (Lipinski definition) is 1. The molecule has 0 bridgehead atoms. The first kappa shape index (κ1) is 20.9. The summed E-state index contributed by atoms with van der Waals surface area (Å²) in [5.74, 6) is 1.23. The molecule has 1 aromatic heterocycles. The van der Waals surface area contributed by atoms with E-state index >= 15 is 0 Å². The van der Waals surface area contributed by atoms with Crippen LogP contribution in [0.3, 0.4) is 0 Å². The molecule has 7 heteroatoms. The van der Waals surface area contributed by atoms with Crippen LogP contribution in [0.5, 0.6) is 0 Å². The molecule has 0 spiro atoms. The molecule has 27 heavy (non-hydrogen) atoms. The van der Waals surface area contributed by atoms with Gasteiger partial charge in [-0.3, -0.25) is 4.79 Å². The van der Waals surface area contributed by atoms with Crippen LogP contribution in [0.4, 0.5) is 0 Å². The lowest BCUT2D eigenvalue weighted by molar-refractivity contribution is -0.117. The zero-order valence-electron chi connectivity index (χ0n) is 16.1. The van der Waals surface area contributed by atoms with E-state index in [1.165, 1.54) is 10.4 Å². The van der Waals surface area contributed by atoms with Gasteiger partial charge in [-0.05, 0) is 49.8 Å². The second-order valence-electron chi connectivity index (χ2n) is 6.17. The Morgan fingerprint density at radius 2 is 1.78 bits per heavy atom. The third kappa shape index (κ3) is 5.30. The van der Waals surface area contributed by atoms with Gasteiger partial charge in [-0.2, -0.15) is 4.31 Å². The fraction of sp³-hybridized carbons (Fsp3) is 0.350. The van der Waals surface area contributed by atoms with Crippen molar-refractivity contribution >= 4 is 22.0 Å². The number of furan rings is 1. The molecule has 0 fully saturated rings. The van der Waals surface area contributed by atoms with E-state index in [0.717, 1.165) is 11.3 Å². The molecule has 146 valence electrons. The molecular formula is C20H26N2O4S. The number of nitrogens with one attached hydrogen (secondary N) is 1. The monoisotopic (exact) mass is 390 g/mol. The number of aryl methyl sites for hydroxylation is 1. The SMILES string of the molecule is CCN(CC)S(=O)(=O)c1ccc(/C=C/C(=O)NC(C)c2ccc(C)o2)cc1. The average Bonchev–Trinajstić information content (AvgIpc) is 3.08. The zero-order valence-corrected chi connectivity index (χ0v) is 16.9. The highest BCUT2D eigenvalue weighted by molar-refractivity contribution is 7.89. The number of sulfonamides is 1. The first-order valence-corrected chi connectivity index (χ1v) is 10.4. The fourth-order valence-corrected chi connectivity index (χ4v) is 4.11. The summed E-state index contributed by atoms with van der Waals surface area (Å²) in [5.41, 5.74) is 0.741. The first-order chi connectivity index (χ1) is 12.8. The number of amides is 1. The summed E-state index contributed by atoms with van der Waals surface area (Å²) in [6, 6.07) is 9.91. The molecule has 1 atom stereocenters. The van der Waals surface area contributed by atoms with Crippen molar-refractivity contribution in [3.8, 4) is 0 Å². The highest BCUT2D eigenvalue weighted by Gasteiger charge is 2.20. The number of carbonyl (C=O) groups excluding carboxylic acids is 1. The Morgan fingerprint density at radius 1 is 1.15 bits per heavy atom. The van der Waals surface area contributed by atoms with Gasteiger partial charge in [0.15, 0.2) is 0 Å². The average molecular weight is 391 g/mol. The lowest BCUT2D eigenvalue weighted by Gasteiger charge is -2.18. The van der Waals surface area contributed by atoms with Crippen LogP contribution in [-0.4, -0.2) is 31.7 Å². The predicted molar refractivity (Wildman–Crippen MR) is 106 cm³/mol. The third-order valence-corrected chi connectivity index (χ3v) is 6.26. The van der Waals surface area contributed by atoms with Crippen LogP contribution in [-0.2, 0) is 14.8 Å². The van der Waals surface area contributed by atoms with Crippen LogP contribution in [0, 0.1) is 6.92 Å². The maximum Gasteiger partial charge on any atom is 0.244 e. The Balaban J connectivity index is 2.02. The molecule has 0 aliphatic rings. The number of nitrogens with zero attached hydrogens (tertiary/aromatic N) is 1. The van der Waals surface area contributed by atoms with Crippen molar-refractivity contribution in [2.45, 2.75) is 38.6 Å². The van der Waals surface area contributed by atoms with Crippen molar-refractivity contribution in [1.82, 2.24) is 9.62 Å². The van der Waals surface area contributed by atoms with E-state index in [4.69, 9.17) is 4.42 Å². The van der Waals surface area contributed by atoms with Gasteiger partial charge in [0.2, 0.25) is 15.9 Å². The Bertz CT molecular complexity index is 894. The quantitative estimate of drug-likeness (QED) is 0.700. The Hall–Kier alpha value is -2.38. The van der Waals surface area contributed by atoms with Crippen molar-refractivity contribution in [2.75, 3.05) is 13.1 Å². The minimum absolute atomic E-state index is 0.238. The molecule has 2 aromatic rings. The molecule has 1 N–H and O–H groups in total. The topological polar surface area (TPSA) is 79.6 Å². The maximum atomic E-state index is 12.5. The number of benzene rings is 1. The van der Waals surface area contributed by atoms with Crippen LogP contribution in [0.25, 0.3) is 6.08 Å². The molecule has 0 aliphatic heterocycles. The highest BCUT2D eigenvalue weighted by Crippen LogP contribution is 2.17. The smallest absolute Gasteiger partial charge is 0.244 e. The lowest BCUT2D eigenvalue weighted by Crippen LogP contribution is -2.30. The minimum Gasteiger partial charge on any atom is -0.464 e. The molecule has 1 unspecified atom stereocenters. The minimum atomic E-state index is -3.47. The van der Waals surface area contributed by atoms with Crippen LogP contribution in [0.2, 0.25) is 0 Å². The van der Waals surface area contributed by atoms with Crippen molar-refractivity contribution in [1.29, 1.82) is 0 Å². The van der Waals surface area contributed by atoms with Crippen LogP contribution in [0.15, 0.2) is 51.8 Å². The van der Waals surface area contributed by atoms with E-state index in [2.05, 4.69) is 5.32 Å². The molecule has 2 rings (SSSR count). The van der Waals surface area contributed by atoms with Crippen molar-refractivity contribution in [3.05, 3.63) is 59.6 Å². The normalized spacial score (nSPS) is 13.2. The van der Waals surface area contributed by atoms with Crippen molar-refractivity contribution in [3.63, 3.8) is 0 Å². The van der Waals surface area contributed by atoms with Gasteiger partial charge in [0, 0.05) is 19.2 Å². The second kappa shape index (κ2) is 9.01. The van der Waals surface area contributed by atoms with Gasteiger partial charge in [-0.1, -0.05) is 26.0 Å². The first-order valence-electron chi connectivity index (χ1n) is 8.93. The Labute approximate surface area is 160 Å². The van der Waals surface area contributed by atoms with Gasteiger partial charge in [0.1, 0.15) is 11.5 Å². The van der Waals surface area contributed by atoms with Crippen molar-refractivity contribution in [2.24, 2.45) is 0 Å². The molecule has 0 saturated carbocycles.